The number of methoxy groups -OCH3 is 1. The summed E-state index contributed by atoms with van der Waals surface area (Å²) in [4.78, 5) is 1.87. The summed E-state index contributed by atoms with van der Waals surface area (Å²) < 4.78 is 0.254. The minimum atomic E-state index is -1.61. The Labute approximate surface area is 268 Å². The summed E-state index contributed by atoms with van der Waals surface area (Å²) in [7, 11) is 1.78. The number of rotatable bonds is 4. The van der Waals surface area contributed by atoms with Crippen LogP contribution in [0.2, 0.25) is 0 Å². The Hall–Kier alpha value is 0.0300. The molecule has 0 saturated heterocycles. The average molecular weight is 698 g/mol. The second-order valence-corrected chi connectivity index (χ2v) is 15.7. The minimum Gasteiger partial charge on any atom is -0.381 e. The van der Waals surface area contributed by atoms with Gasteiger partial charge in [0.1, 0.15) is 0 Å². The fourth-order valence-electron chi connectivity index (χ4n) is 3.96. The Balaban J connectivity index is 0.000000494. The van der Waals surface area contributed by atoms with Crippen LogP contribution in [0.3, 0.4) is 0 Å². The monoisotopic (exact) mass is 693 g/mol. The van der Waals surface area contributed by atoms with Crippen LogP contribution in [0.25, 0.3) is 0 Å². The highest BCUT2D eigenvalue weighted by Gasteiger charge is 2.42. The van der Waals surface area contributed by atoms with Crippen LogP contribution < -0.4 is 4.90 Å². The smallest absolute Gasteiger partial charge is 0.216 e. The molecule has 0 bridgehead atoms. The number of anilines is 3. The zero-order chi connectivity index (χ0) is 28.5. The Morgan fingerprint density at radius 2 is 0.842 bits per heavy atom. The van der Waals surface area contributed by atoms with Crippen LogP contribution in [0, 0.1) is 11.8 Å². The number of hydrogen-bond donors (Lipinski definition) is 0. The van der Waals surface area contributed by atoms with Crippen LogP contribution in [-0.4, -0.2) is 13.2 Å². The van der Waals surface area contributed by atoms with Gasteiger partial charge < -0.3 is 9.64 Å². The molecular weight excluding hydrogens is 673 g/mol. The summed E-state index contributed by atoms with van der Waals surface area (Å²) in [5, 5.41) is 0. The Morgan fingerprint density at radius 1 is 0.553 bits per heavy atom. The van der Waals surface area contributed by atoms with Crippen LogP contribution in [-0.2, 0) is 16.1 Å². The lowest BCUT2D eigenvalue weighted by Crippen LogP contribution is -2.13. The lowest BCUT2D eigenvalue weighted by molar-refractivity contribution is 0.163. The zero-order valence-corrected chi connectivity index (χ0v) is 27.2. The van der Waals surface area contributed by atoms with Gasteiger partial charge in [0.25, 0.3) is 0 Å². The van der Waals surface area contributed by atoms with Crippen LogP contribution >= 0.6 is 104 Å². The second-order valence-electron chi connectivity index (χ2n) is 8.90. The molecule has 4 rings (SSSR count). The van der Waals surface area contributed by atoms with Gasteiger partial charge in [-0.2, -0.15) is 0 Å². The lowest BCUT2D eigenvalue weighted by atomic mass is 10.1. The summed E-state index contributed by atoms with van der Waals surface area (Å²) in [6, 6.07) is 21.3. The van der Waals surface area contributed by atoms with Crippen molar-refractivity contribution in [1.82, 2.24) is 0 Å². The molecule has 0 aliphatic heterocycles. The van der Waals surface area contributed by atoms with E-state index in [0.717, 1.165) is 11.8 Å². The molecule has 1 saturated carbocycles. The van der Waals surface area contributed by atoms with E-state index < -0.39 is 11.4 Å². The largest absolute Gasteiger partial charge is 0.381 e. The van der Waals surface area contributed by atoms with Crippen molar-refractivity contribution in [3.63, 3.8) is 0 Å². The first kappa shape index (κ1) is 32.5. The normalized spacial score (nSPS) is 19.4. The molecule has 1 aliphatic rings. The molecule has 2 unspecified atom stereocenters. The van der Waals surface area contributed by atoms with Crippen LogP contribution in [0.5, 0.6) is 0 Å². The first-order valence-electron chi connectivity index (χ1n) is 11.4. The number of alkyl halides is 9. The number of halogens is 9. The highest BCUT2D eigenvalue weighted by molar-refractivity contribution is 6.67. The van der Waals surface area contributed by atoms with Gasteiger partial charge in [-0.1, -0.05) is 155 Å². The quantitative estimate of drug-likeness (QED) is 0.252. The van der Waals surface area contributed by atoms with Crippen molar-refractivity contribution in [2.24, 2.45) is 11.8 Å². The minimum absolute atomic E-state index is 0.482. The number of nitrogens with zero attached hydrogens (tertiary/aromatic N) is 1. The molecule has 206 valence electrons. The van der Waals surface area contributed by atoms with Crippen molar-refractivity contribution in [2.75, 3.05) is 12.0 Å². The molecule has 0 heterocycles. The van der Waals surface area contributed by atoms with E-state index in [1.165, 1.54) is 0 Å². The van der Waals surface area contributed by atoms with Crippen molar-refractivity contribution >= 4 is 121 Å². The van der Waals surface area contributed by atoms with Gasteiger partial charge in [-0.3, -0.25) is 0 Å². The third-order valence-corrected chi connectivity index (χ3v) is 8.26. The summed E-state index contributed by atoms with van der Waals surface area (Å²) >= 11 is 54.9. The number of hydrogen-bond acceptors (Lipinski definition) is 2. The molecule has 0 N–H and O–H groups in total. The molecule has 3 aromatic carbocycles. The van der Waals surface area contributed by atoms with E-state index >= 15 is 0 Å². The van der Waals surface area contributed by atoms with E-state index in [9.17, 15) is 0 Å². The van der Waals surface area contributed by atoms with Crippen molar-refractivity contribution in [1.29, 1.82) is 0 Å². The van der Waals surface area contributed by atoms with Gasteiger partial charge in [0, 0.05) is 40.9 Å². The third kappa shape index (κ3) is 8.52. The summed E-state index contributed by atoms with van der Waals surface area (Å²) in [6.07, 6.45) is 0.569. The lowest BCUT2D eigenvalue weighted by Gasteiger charge is -2.28. The van der Waals surface area contributed by atoms with Crippen molar-refractivity contribution in [3.05, 3.63) is 89.5 Å². The molecule has 0 amide bonds. The van der Waals surface area contributed by atoms with Gasteiger partial charge in [0.05, 0.1) is 6.10 Å². The maximum absolute atomic E-state index is 6.11. The van der Waals surface area contributed by atoms with E-state index in [2.05, 4.69) is 13.8 Å². The molecule has 3 aromatic rings. The van der Waals surface area contributed by atoms with E-state index in [0.29, 0.717) is 39.9 Å². The van der Waals surface area contributed by atoms with E-state index in [-0.39, 0.29) is 0 Å². The predicted octanol–water partition coefficient (Wildman–Crippen LogP) is 11.9. The first-order valence-corrected chi connectivity index (χ1v) is 14.8. The summed E-state index contributed by atoms with van der Waals surface area (Å²) in [6.45, 7) is 4.44. The predicted molar refractivity (Wildman–Crippen MR) is 168 cm³/mol. The van der Waals surface area contributed by atoms with Gasteiger partial charge in [0.15, 0.2) is 0 Å². The maximum atomic E-state index is 6.11. The summed E-state index contributed by atoms with van der Waals surface area (Å²) in [5.74, 6) is 1.62. The molecule has 38 heavy (non-hydrogen) atoms. The van der Waals surface area contributed by atoms with Crippen LogP contribution in [0.15, 0.2) is 72.8 Å². The molecule has 0 radical (unpaired) electrons. The molecule has 11 heteroatoms. The molecule has 2 nitrogen and oxygen atoms in total. The molecular formula is C27H24Cl9NO. The second kappa shape index (κ2) is 12.9. The standard InChI is InChI=1S/C21H12Cl9N.C6H12O/c22-19(23,24)13-4-1-7-16(10-13)31(17-8-2-5-14(11-17)20(25,26)27)18-9-3-6-15(12-18)21(28,29)30;1-4-5(2)6(4)7-3/h1-12H;4-6H,1-3H3. The van der Waals surface area contributed by atoms with E-state index in [4.69, 9.17) is 109 Å². The van der Waals surface area contributed by atoms with Crippen molar-refractivity contribution in [3.8, 4) is 0 Å². The highest BCUT2D eigenvalue weighted by Crippen LogP contribution is 2.46. The van der Waals surface area contributed by atoms with Gasteiger partial charge in [-0.05, 0) is 48.2 Å². The van der Waals surface area contributed by atoms with Gasteiger partial charge >= 0.3 is 0 Å². The van der Waals surface area contributed by atoms with E-state index in [1.54, 1.807) is 61.7 Å². The van der Waals surface area contributed by atoms with Crippen molar-refractivity contribution in [2.45, 2.75) is 31.3 Å². The fourth-order valence-corrected chi connectivity index (χ4v) is 5.02. The number of benzene rings is 3. The summed E-state index contributed by atoms with van der Waals surface area (Å²) in [5.41, 5.74) is 3.51. The Bertz CT molecular complexity index is 1090. The molecule has 2 atom stereocenters. The molecule has 0 aromatic heterocycles. The van der Waals surface area contributed by atoms with E-state index in [1.807, 2.05) is 23.1 Å². The average Bonchev–Trinajstić information content (AvgIpc) is 3.43. The highest BCUT2D eigenvalue weighted by atomic mass is 35.6. The molecule has 1 fully saturated rings. The topological polar surface area (TPSA) is 12.5 Å². The van der Waals surface area contributed by atoms with Gasteiger partial charge in [0.2, 0.25) is 11.4 Å². The van der Waals surface area contributed by atoms with Crippen LogP contribution in [0.4, 0.5) is 17.1 Å². The number of ether oxygens (including phenoxy) is 1. The fraction of sp³-hybridized carbons (Fsp3) is 0.333. The van der Waals surface area contributed by atoms with Crippen molar-refractivity contribution < 1.29 is 4.74 Å². The zero-order valence-electron chi connectivity index (χ0n) is 20.4. The Morgan fingerprint density at radius 3 is 1.03 bits per heavy atom. The SMILES string of the molecule is COC1C(C)C1C.ClC(Cl)(Cl)c1cccc(N(c2cccc(C(Cl)(Cl)Cl)c2)c2cccc(C(Cl)(Cl)Cl)c2)c1. The molecule has 1 aliphatic carbocycles. The Kier molecular flexibility index (Phi) is 11.1. The first-order chi connectivity index (χ1) is 17.5. The van der Waals surface area contributed by atoms with Gasteiger partial charge in [-0.25, -0.2) is 0 Å². The third-order valence-electron chi connectivity index (χ3n) is 6.29. The molecule has 0 spiro atoms. The van der Waals surface area contributed by atoms with Crippen LogP contribution in [0.1, 0.15) is 30.5 Å². The van der Waals surface area contributed by atoms with Gasteiger partial charge in [-0.15, -0.1) is 0 Å². The maximum Gasteiger partial charge on any atom is 0.216 e.